The van der Waals surface area contributed by atoms with Crippen LogP contribution in [0.2, 0.25) is 0 Å². The molecule has 1 rings (SSSR count). The fraction of sp³-hybridized carbons (Fsp3) is 0.333. The Morgan fingerprint density at radius 1 is 1.56 bits per heavy atom. The first kappa shape index (κ1) is 14.3. The second kappa shape index (κ2) is 5.27. The van der Waals surface area contributed by atoms with E-state index in [1.807, 2.05) is 0 Å². The summed E-state index contributed by atoms with van der Waals surface area (Å²) in [6, 6.07) is 3.52. The lowest BCUT2D eigenvalue weighted by Crippen LogP contribution is -2.31. The predicted octanol–water partition coefficient (Wildman–Crippen LogP) is 0.823. The van der Waals surface area contributed by atoms with E-state index in [0.717, 1.165) is 6.07 Å². The van der Waals surface area contributed by atoms with Crippen LogP contribution in [0.5, 0.6) is 0 Å². The molecular weight excluding hydrogens is 265 g/mol. The SMILES string of the molecule is C[C@@H](CNc1cccc(F)c1[N+](=O)[O-])S(N)(=O)=O. The van der Waals surface area contributed by atoms with Gasteiger partial charge in [-0.1, -0.05) is 6.07 Å². The molecule has 0 unspecified atom stereocenters. The summed E-state index contributed by atoms with van der Waals surface area (Å²) in [5.74, 6) is -0.992. The molecule has 0 bridgehead atoms. The zero-order valence-corrected chi connectivity index (χ0v) is 10.3. The minimum atomic E-state index is -3.74. The number of sulfonamides is 1. The molecule has 0 heterocycles. The minimum Gasteiger partial charge on any atom is -0.378 e. The Labute approximate surface area is 103 Å². The van der Waals surface area contributed by atoms with Gasteiger partial charge in [-0.15, -0.1) is 0 Å². The van der Waals surface area contributed by atoms with Crippen molar-refractivity contribution < 1.29 is 17.7 Å². The van der Waals surface area contributed by atoms with Crippen molar-refractivity contribution >= 4 is 21.4 Å². The van der Waals surface area contributed by atoms with Gasteiger partial charge in [0, 0.05) is 6.54 Å². The topological polar surface area (TPSA) is 115 Å². The fourth-order valence-corrected chi connectivity index (χ4v) is 1.53. The quantitative estimate of drug-likeness (QED) is 0.610. The smallest absolute Gasteiger partial charge is 0.327 e. The van der Waals surface area contributed by atoms with Crippen molar-refractivity contribution in [3.63, 3.8) is 0 Å². The number of nitro groups is 1. The van der Waals surface area contributed by atoms with Gasteiger partial charge in [0.05, 0.1) is 10.2 Å². The van der Waals surface area contributed by atoms with Crippen molar-refractivity contribution in [2.45, 2.75) is 12.2 Å². The lowest BCUT2D eigenvalue weighted by molar-refractivity contribution is -0.386. The molecule has 0 amide bonds. The second-order valence-corrected chi connectivity index (χ2v) is 5.66. The molecule has 9 heteroatoms. The largest absolute Gasteiger partial charge is 0.378 e. The van der Waals surface area contributed by atoms with Crippen molar-refractivity contribution in [2.24, 2.45) is 5.14 Å². The summed E-state index contributed by atoms with van der Waals surface area (Å²) in [4.78, 5) is 9.79. The van der Waals surface area contributed by atoms with E-state index < -0.39 is 31.7 Å². The van der Waals surface area contributed by atoms with Gasteiger partial charge in [0.25, 0.3) is 0 Å². The molecule has 0 radical (unpaired) electrons. The maximum atomic E-state index is 13.2. The van der Waals surface area contributed by atoms with Gasteiger partial charge in [-0.05, 0) is 19.1 Å². The molecule has 0 aliphatic heterocycles. The monoisotopic (exact) mass is 277 g/mol. The highest BCUT2D eigenvalue weighted by Crippen LogP contribution is 2.27. The zero-order chi connectivity index (χ0) is 13.9. The highest BCUT2D eigenvalue weighted by molar-refractivity contribution is 7.89. The molecular formula is C9H12FN3O4S. The lowest BCUT2D eigenvalue weighted by atomic mass is 10.2. The summed E-state index contributed by atoms with van der Waals surface area (Å²) in [5.41, 5.74) is -0.811. The summed E-state index contributed by atoms with van der Waals surface area (Å²) in [7, 11) is -3.74. The van der Waals surface area contributed by atoms with Gasteiger partial charge < -0.3 is 5.32 Å². The Kier molecular flexibility index (Phi) is 4.19. The van der Waals surface area contributed by atoms with Crippen LogP contribution in [-0.4, -0.2) is 25.1 Å². The van der Waals surface area contributed by atoms with Crippen molar-refractivity contribution in [1.82, 2.24) is 0 Å². The van der Waals surface area contributed by atoms with E-state index in [1.54, 1.807) is 0 Å². The van der Waals surface area contributed by atoms with Gasteiger partial charge in [0.15, 0.2) is 0 Å². The van der Waals surface area contributed by atoms with E-state index in [0.29, 0.717) is 0 Å². The van der Waals surface area contributed by atoms with E-state index in [-0.39, 0.29) is 12.2 Å². The lowest BCUT2D eigenvalue weighted by Gasteiger charge is -2.11. The fourth-order valence-electron chi connectivity index (χ4n) is 1.21. The number of rotatable bonds is 5. The Bertz CT molecular complexity index is 561. The first-order valence-electron chi connectivity index (χ1n) is 4.92. The average molecular weight is 277 g/mol. The Morgan fingerprint density at radius 3 is 2.67 bits per heavy atom. The first-order valence-corrected chi connectivity index (χ1v) is 6.53. The van der Waals surface area contributed by atoms with E-state index in [1.165, 1.54) is 19.1 Å². The Morgan fingerprint density at radius 2 is 2.17 bits per heavy atom. The number of nitro benzene ring substituents is 1. The number of nitrogens with zero attached hydrogens (tertiary/aromatic N) is 1. The predicted molar refractivity (Wildman–Crippen MR) is 64.1 cm³/mol. The van der Waals surface area contributed by atoms with E-state index >= 15 is 0 Å². The Hall–Kier alpha value is -1.74. The molecule has 0 saturated heterocycles. The molecule has 0 aliphatic carbocycles. The molecule has 7 nitrogen and oxygen atoms in total. The summed E-state index contributed by atoms with van der Waals surface area (Å²) in [5, 5.41) is 17.1. The average Bonchev–Trinajstić information content (AvgIpc) is 2.23. The number of hydrogen-bond donors (Lipinski definition) is 2. The maximum Gasteiger partial charge on any atom is 0.327 e. The normalized spacial score (nSPS) is 13.1. The van der Waals surface area contributed by atoms with Gasteiger partial charge >= 0.3 is 5.69 Å². The van der Waals surface area contributed by atoms with E-state index in [4.69, 9.17) is 5.14 Å². The molecule has 0 aliphatic rings. The summed E-state index contributed by atoms with van der Waals surface area (Å²) < 4.78 is 35.2. The molecule has 100 valence electrons. The van der Waals surface area contributed by atoms with E-state index in [9.17, 15) is 22.9 Å². The molecule has 0 aromatic heterocycles. The third-order valence-corrected chi connectivity index (χ3v) is 3.60. The number of benzene rings is 1. The summed E-state index contributed by atoms with van der Waals surface area (Å²) >= 11 is 0. The van der Waals surface area contributed by atoms with Crippen LogP contribution in [-0.2, 0) is 10.0 Å². The molecule has 3 N–H and O–H groups in total. The standard InChI is InChI=1S/C9H12FN3O4S/c1-6(18(11,16)17)5-12-8-4-2-3-7(10)9(8)13(14)15/h2-4,6,12H,5H2,1H3,(H2,11,16,17)/t6-/m0/s1. The first-order chi connectivity index (χ1) is 8.23. The number of primary sulfonamides is 1. The number of para-hydroxylation sites is 1. The minimum absolute atomic E-state index is 0.0875. The number of nitrogens with one attached hydrogen (secondary N) is 1. The van der Waals surface area contributed by atoms with Crippen LogP contribution in [0.15, 0.2) is 18.2 Å². The number of hydrogen-bond acceptors (Lipinski definition) is 5. The highest BCUT2D eigenvalue weighted by Gasteiger charge is 2.21. The molecule has 1 aromatic rings. The van der Waals surface area contributed by atoms with Gasteiger partial charge in [0.2, 0.25) is 15.8 Å². The molecule has 0 spiro atoms. The Balaban J connectivity index is 2.93. The van der Waals surface area contributed by atoms with Crippen molar-refractivity contribution in [1.29, 1.82) is 0 Å². The molecule has 18 heavy (non-hydrogen) atoms. The van der Waals surface area contributed by atoms with Crippen molar-refractivity contribution in [2.75, 3.05) is 11.9 Å². The molecule has 0 saturated carbocycles. The highest BCUT2D eigenvalue weighted by atomic mass is 32.2. The second-order valence-electron chi connectivity index (χ2n) is 3.67. The van der Waals surface area contributed by atoms with Crippen LogP contribution in [0.4, 0.5) is 15.8 Å². The summed E-state index contributed by atoms with van der Waals surface area (Å²) in [6.07, 6.45) is 0. The van der Waals surface area contributed by atoms with Crippen LogP contribution in [0, 0.1) is 15.9 Å². The van der Waals surface area contributed by atoms with Gasteiger partial charge in [-0.3, -0.25) is 10.1 Å². The molecule has 0 fully saturated rings. The maximum absolute atomic E-state index is 13.2. The number of anilines is 1. The number of halogens is 1. The third kappa shape index (κ3) is 3.37. The summed E-state index contributed by atoms with van der Waals surface area (Å²) in [6.45, 7) is 1.19. The van der Waals surface area contributed by atoms with Gasteiger partial charge in [-0.2, -0.15) is 4.39 Å². The third-order valence-electron chi connectivity index (χ3n) is 2.31. The molecule has 1 atom stereocenters. The molecule has 1 aromatic carbocycles. The number of nitrogens with two attached hydrogens (primary N) is 1. The van der Waals surface area contributed by atoms with Crippen LogP contribution >= 0.6 is 0 Å². The van der Waals surface area contributed by atoms with Gasteiger partial charge in [0.1, 0.15) is 5.69 Å². The van der Waals surface area contributed by atoms with E-state index in [2.05, 4.69) is 5.32 Å². The van der Waals surface area contributed by atoms with Crippen molar-refractivity contribution in [3.05, 3.63) is 34.1 Å². The van der Waals surface area contributed by atoms with Gasteiger partial charge in [-0.25, -0.2) is 13.6 Å². The van der Waals surface area contributed by atoms with Crippen LogP contribution in [0.1, 0.15) is 6.92 Å². The zero-order valence-electron chi connectivity index (χ0n) is 9.46. The van der Waals surface area contributed by atoms with Crippen LogP contribution in [0.3, 0.4) is 0 Å². The van der Waals surface area contributed by atoms with Crippen LogP contribution < -0.4 is 10.5 Å². The van der Waals surface area contributed by atoms with Crippen molar-refractivity contribution in [3.8, 4) is 0 Å². The van der Waals surface area contributed by atoms with Crippen LogP contribution in [0.25, 0.3) is 0 Å².